The quantitative estimate of drug-likeness (QED) is 0.814. The standard InChI is InChI=1S/C9H13ClN6/c1-3-12-8-14-7(10)15-9(16-8)13-6(2)4-5-11/h6H,3-4H2,1-2H3,(H2,12,13,14,15,16). The monoisotopic (exact) mass is 240 g/mol. The van der Waals surface area contributed by atoms with Gasteiger partial charge in [-0.05, 0) is 25.4 Å². The Balaban J connectivity index is 2.76. The molecule has 86 valence electrons. The van der Waals surface area contributed by atoms with Gasteiger partial charge in [0.15, 0.2) is 0 Å². The Kier molecular flexibility index (Phi) is 4.73. The van der Waals surface area contributed by atoms with Crippen LogP contribution >= 0.6 is 11.6 Å². The highest BCUT2D eigenvalue weighted by Crippen LogP contribution is 2.10. The zero-order valence-electron chi connectivity index (χ0n) is 9.16. The van der Waals surface area contributed by atoms with E-state index in [0.29, 0.717) is 24.9 Å². The summed E-state index contributed by atoms with van der Waals surface area (Å²) in [5.41, 5.74) is 0. The summed E-state index contributed by atoms with van der Waals surface area (Å²) < 4.78 is 0. The fourth-order valence-electron chi connectivity index (χ4n) is 1.06. The maximum absolute atomic E-state index is 8.53. The first-order chi connectivity index (χ1) is 7.65. The van der Waals surface area contributed by atoms with Crippen LogP contribution in [-0.2, 0) is 0 Å². The van der Waals surface area contributed by atoms with Crippen LogP contribution in [0.4, 0.5) is 11.9 Å². The van der Waals surface area contributed by atoms with E-state index in [0.717, 1.165) is 0 Å². The third-order valence-electron chi connectivity index (χ3n) is 1.72. The second-order valence-corrected chi connectivity index (χ2v) is 3.53. The van der Waals surface area contributed by atoms with E-state index in [9.17, 15) is 0 Å². The van der Waals surface area contributed by atoms with Crippen molar-refractivity contribution >= 4 is 23.5 Å². The van der Waals surface area contributed by atoms with Gasteiger partial charge in [0.1, 0.15) is 0 Å². The molecule has 0 radical (unpaired) electrons. The molecule has 16 heavy (non-hydrogen) atoms. The zero-order chi connectivity index (χ0) is 12.0. The van der Waals surface area contributed by atoms with Gasteiger partial charge in [-0.15, -0.1) is 0 Å². The van der Waals surface area contributed by atoms with E-state index in [4.69, 9.17) is 16.9 Å². The molecule has 0 aliphatic rings. The predicted octanol–water partition coefficient (Wildman–Crippen LogP) is 1.67. The molecule has 0 aliphatic heterocycles. The lowest BCUT2D eigenvalue weighted by Crippen LogP contribution is -2.17. The Hall–Kier alpha value is -1.61. The Bertz CT molecular complexity index is 388. The average Bonchev–Trinajstić information content (AvgIpc) is 2.17. The fraction of sp³-hybridized carbons (Fsp3) is 0.556. The summed E-state index contributed by atoms with van der Waals surface area (Å²) in [7, 11) is 0. The molecule has 1 unspecified atom stereocenters. The molecule has 1 aromatic rings. The topological polar surface area (TPSA) is 86.5 Å². The molecule has 6 nitrogen and oxygen atoms in total. The summed E-state index contributed by atoms with van der Waals surface area (Å²) in [6.45, 7) is 4.50. The van der Waals surface area contributed by atoms with Gasteiger partial charge in [-0.3, -0.25) is 0 Å². The van der Waals surface area contributed by atoms with Gasteiger partial charge in [-0.1, -0.05) is 0 Å². The molecule has 1 aromatic heterocycles. The first kappa shape index (κ1) is 12.5. The molecule has 0 saturated carbocycles. The van der Waals surface area contributed by atoms with Crippen molar-refractivity contribution in [2.24, 2.45) is 0 Å². The van der Waals surface area contributed by atoms with Crippen molar-refractivity contribution in [1.82, 2.24) is 15.0 Å². The highest BCUT2D eigenvalue weighted by molar-refractivity contribution is 6.28. The van der Waals surface area contributed by atoms with E-state index in [1.807, 2.05) is 13.8 Å². The number of rotatable bonds is 5. The molecule has 1 rings (SSSR count). The Labute approximate surface area is 99.1 Å². The molecule has 7 heteroatoms. The lowest BCUT2D eigenvalue weighted by Gasteiger charge is -2.10. The Morgan fingerprint density at radius 1 is 1.38 bits per heavy atom. The lowest BCUT2D eigenvalue weighted by atomic mass is 10.3. The number of halogens is 1. The minimum absolute atomic E-state index is 0.0297. The van der Waals surface area contributed by atoms with Gasteiger partial charge >= 0.3 is 0 Å². The van der Waals surface area contributed by atoms with Gasteiger partial charge in [-0.25, -0.2) is 0 Å². The highest BCUT2D eigenvalue weighted by Gasteiger charge is 2.07. The highest BCUT2D eigenvalue weighted by atomic mass is 35.5. The molecule has 0 bridgehead atoms. The van der Waals surface area contributed by atoms with Gasteiger partial charge in [0, 0.05) is 12.6 Å². The van der Waals surface area contributed by atoms with Crippen molar-refractivity contribution in [3.05, 3.63) is 5.28 Å². The van der Waals surface area contributed by atoms with Crippen molar-refractivity contribution in [2.75, 3.05) is 17.2 Å². The molecule has 0 saturated heterocycles. The van der Waals surface area contributed by atoms with Crippen molar-refractivity contribution in [3.63, 3.8) is 0 Å². The van der Waals surface area contributed by atoms with Crippen LogP contribution in [-0.4, -0.2) is 27.5 Å². The van der Waals surface area contributed by atoms with E-state index >= 15 is 0 Å². The summed E-state index contributed by atoms with van der Waals surface area (Å²) in [6, 6.07) is 2.03. The van der Waals surface area contributed by atoms with E-state index < -0.39 is 0 Å². The molecular formula is C9H13ClN6. The molecule has 2 N–H and O–H groups in total. The normalized spacial score (nSPS) is 11.6. The number of aromatic nitrogens is 3. The molecule has 0 amide bonds. The molecule has 0 fully saturated rings. The van der Waals surface area contributed by atoms with Gasteiger partial charge in [0.2, 0.25) is 17.2 Å². The van der Waals surface area contributed by atoms with Crippen molar-refractivity contribution < 1.29 is 0 Å². The second kappa shape index (κ2) is 6.08. The number of nitrogens with one attached hydrogen (secondary N) is 2. The van der Waals surface area contributed by atoms with Crippen LogP contribution in [0.1, 0.15) is 20.3 Å². The van der Waals surface area contributed by atoms with E-state index in [-0.39, 0.29) is 11.3 Å². The number of nitrogens with zero attached hydrogens (tertiary/aromatic N) is 4. The van der Waals surface area contributed by atoms with E-state index in [2.05, 4.69) is 31.7 Å². The van der Waals surface area contributed by atoms with E-state index in [1.54, 1.807) is 0 Å². The first-order valence-corrected chi connectivity index (χ1v) is 5.32. The number of anilines is 2. The minimum atomic E-state index is -0.0297. The minimum Gasteiger partial charge on any atom is -0.354 e. The van der Waals surface area contributed by atoms with Crippen LogP contribution in [0.2, 0.25) is 5.28 Å². The summed E-state index contributed by atoms with van der Waals surface area (Å²) >= 11 is 5.74. The molecule has 0 spiro atoms. The van der Waals surface area contributed by atoms with Gasteiger partial charge in [-0.2, -0.15) is 20.2 Å². The Morgan fingerprint density at radius 3 is 2.69 bits per heavy atom. The summed E-state index contributed by atoms with van der Waals surface area (Å²) in [6.07, 6.45) is 0.375. The first-order valence-electron chi connectivity index (χ1n) is 4.94. The van der Waals surface area contributed by atoms with Gasteiger partial charge < -0.3 is 10.6 Å². The molecular weight excluding hydrogens is 228 g/mol. The summed E-state index contributed by atoms with van der Waals surface area (Å²) in [5, 5.41) is 14.6. The SMILES string of the molecule is CCNc1nc(Cl)nc(NC(C)CC#N)n1. The largest absolute Gasteiger partial charge is 0.354 e. The number of hydrogen-bond acceptors (Lipinski definition) is 6. The Morgan fingerprint density at radius 2 is 2.06 bits per heavy atom. The van der Waals surface area contributed by atoms with Crippen molar-refractivity contribution in [3.8, 4) is 6.07 Å². The third kappa shape index (κ3) is 3.87. The lowest BCUT2D eigenvalue weighted by molar-refractivity contribution is 0.801. The van der Waals surface area contributed by atoms with Gasteiger partial charge in [0.05, 0.1) is 12.5 Å². The average molecular weight is 241 g/mol. The third-order valence-corrected chi connectivity index (χ3v) is 1.89. The van der Waals surface area contributed by atoms with Gasteiger partial charge in [0.25, 0.3) is 0 Å². The second-order valence-electron chi connectivity index (χ2n) is 3.19. The molecule has 1 atom stereocenters. The van der Waals surface area contributed by atoms with Crippen molar-refractivity contribution in [2.45, 2.75) is 26.3 Å². The van der Waals surface area contributed by atoms with Crippen molar-refractivity contribution in [1.29, 1.82) is 5.26 Å². The summed E-state index contributed by atoms with van der Waals surface area (Å²) in [5.74, 6) is 0.799. The van der Waals surface area contributed by atoms with Crippen LogP contribution in [0, 0.1) is 11.3 Å². The smallest absolute Gasteiger partial charge is 0.229 e. The zero-order valence-corrected chi connectivity index (χ0v) is 9.91. The number of hydrogen-bond donors (Lipinski definition) is 2. The predicted molar refractivity (Wildman–Crippen MR) is 62.3 cm³/mol. The molecule has 0 aromatic carbocycles. The van der Waals surface area contributed by atoms with Crippen LogP contribution in [0.15, 0.2) is 0 Å². The molecule has 0 aliphatic carbocycles. The number of nitriles is 1. The van der Waals surface area contributed by atoms with Crippen LogP contribution in [0.3, 0.4) is 0 Å². The van der Waals surface area contributed by atoms with Crippen LogP contribution in [0.25, 0.3) is 0 Å². The maximum atomic E-state index is 8.53. The van der Waals surface area contributed by atoms with Crippen LogP contribution < -0.4 is 10.6 Å². The molecule has 1 heterocycles. The fourth-order valence-corrected chi connectivity index (χ4v) is 1.22. The maximum Gasteiger partial charge on any atom is 0.229 e. The van der Waals surface area contributed by atoms with Crippen LogP contribution in [0.5, 0.6) is 0 Å². The summed E-state index contributed by atoms with van der Waals surface area (Å²) in [4.78, 5) is 11.9. The van der Waals surface area contributed by atoms with E-state index in [1.165, 1.54) is 0 Å².